The molecule has 1 aliphatic rings. The van der Waals surface area contributed by atoms with Crippen molar-refractivity contribution in [3.05, 3.63) is 118 Å². The van der Waals surface area contributed by atoms with E-state index in [1.165, 1.54) is 23.8 Å². The summed E-state index contributed by atoms with van der Waals surface area (Å²) >= 11 is 3.45. The van der Waals surface area contributed by atoms with Crippen LogP contribution in [0.15, 0.2) is 95.9 Å². The molecule has 0 aliphatic carbocycles. The van der Waals surface area contributed by atoms with Crippen LogP contribution in [0.5, 0.6) is 11.5 Å². The monoisotopic (exact) mass is 937 g/mol. The number of nitrogens with zero attached hydrogens (tertiary/aromatic N) is 4. The predicted octanol–water partition coefficient (Wildman–Crippen LogP) is 7.93. The fourth-order valence-electron chi connectivity index (χ4n) is 7.25. The molecule has 1 N–H and O–H groups in total. The van der Waals surface area contributed by atoms with Gasteiger partial charge in [0.2, 0.25) is 5.91 Å². The highest BCUT2D eigenvalue weighted by Gasteiger charge is 2.51. The molecule has 4 aromatic rings. The molecule has 334 valence electrons. The normalized spacial score (nSPS) is 18.2. The number of alkyl halides is 1. The summed E-state index contributed by atoms with van der Waals surface area (Å²) in [5.74, 6) is 1.06. The topological polar surface area (TPSA) is 165 Å². The number of halogens is 1. The molecule has 0 spiro atoms. The molecule has 17 heteroatoms. The fourth-order valence-corrected chi connectivity index (χ4v) is 9.25. The van der Waals surface area contributed by atoms with Crippen molar-refractivity contribution in [2.45, 2.75) is 89.7 Å². The first-order valence-corrected chi connectivity index (χ1v) is 22.7. The third-order valence-electron chi connectivity index (χ3n) is 9.97. The number of ether oxygens (including phenoxy) is 6. The maximum Gasteiger partial charge on any atom is 0.351 e. The standard InChI is InChI=1S/C45H57BrN5O10P/c1-31(2)51(32(3)4)62(59-28-12-25-47)61-41-39(60-43(42(41)57-30-56-27-11-24-46)50-26-23-40(48-33(5)52)49-44(50)53)29-58-45(34-13-9-8-10-14-34,35-15-19-37(54-6)20-16-35)36-17-21-38(55-7)22-18-36/h8-10,13-23,26,31-32,39,41-43H,11-12,24,27-30H2,1-7H3,(H,48,49,52,53)/t39-,41-,42-,43-,62?/m1/s1. The molecule has 0 bridgehead atoms. The molecule has 3 aromatic carbocycles. The summed E-state index contributed by atoms with van der Waals surface area (Å²) in [5.41, 5.74) is 0.518. The van der Waals surface area contributed by atoms with Crippen LogP contribution < -0.4 is 20.5 Å². The van der Waals surface area contributed by atoms with Crippen molar-refractivity contribution in [3.8, 4) is 17.6 Å². The molecule has 5 rings (SSSR count). The first kappa shape index (κ1) is 48.8. The number of aromatic nitrogens is 2. The molecule has 15 nitrogen and oxygen atoms in total. The lowest BCUT2D eigenvalue weighted by Crippen LogP contribution is -2.43. The van der Waals surface area contributed by atoms with Crippen LogP contribution in [0.3, 0.4) is 0 Å². The van der Waals surface area contributed by atoms with Crippen LogP contribution in [-0.2, 0) is 38.4 Å². The summed E-state index contributed by atoms with van der Waals surface area (Å²) in [6, 6.07) is 28.9. The highest BCUT2D eigenvalue weighted by molar-refractivity contribution is 9.09. The van der Waals surface area contributed by atoms with Gasteiger partial charge in [-0.05, 0) is 81.1 Å². The maximum absolute atomic E-state index is 13.8. The Bertz CT molecular complexity index is 2030. The van der Waals surface area contributed by atoms with E-state index in [-0.39, 0.29) is 50.2 Å². The molecule has 2 heterocycles. The van der Waals surface area contributed by atoms with E-state index in [1.54, 1.807) is 14.2 Å². The summed E-state index contributed by atoms with van der Waals surface area (Å²) < 4.78 is 54.7. The number of nitriles is 1. The van der Waals surface area contributed by atoms with Crippen LogP contribution in [0.4, 0.5) is 5.82 Å². The van der Waals surface area contributed by atoms with Crippen LogP contribution in [0.2, 0.25) is 0 Å². The van der Waals surface area contributed by atoms with Gasteiger partial charge < -0.3 is 42.8 Å². The fraction of sp³-hybridized carbons (Fsp3) is 0.467. The molecule has 1 unspecified atom stereocenters. The van der Waals surface area contributed by atoms with E-state index in [0.29, 0.717) is 18.1 Å². The molecule has 1 fully saturated rings. The van der Waals surface area contributed by atoms with E-state index in [4.69, 9.17) is 37.5 Å². The minimum Gasteiger partial charge on any atom is -0.497 e. The lowest BCUT2D eigenvalue weighted by Gasteiger charge is -2.39. The second kappa shape index (κ2) is 24.0. The van der Waals surface area contributed by atoms with Gasteiger partial charge in [0.25, 0.3) is 8.53 Å². The van der Waals surface area contributed by atoms with Gasteiger partial charge in [0.05, 0.1) is 46.5 Å². The second-order valence-electron chi connectivity index (χ2n) is 14.9. The Morgan fingerprint density at radius 2 is 1.55 bits per heavy atom. The van der Waals surface area contributed by atoms with Gasteiger partial charge in [0.15, 0.2) is 6.23 Å². The molecule has 0 saturated carbocycles. The highest BCUT2D eigenvalue weighted by Crippen LogP contribution is 2.51. The summed E-state index contributed by atoms with van der Waals surface area (Å²) in [7, 11) is 1.38. The van der Waals surface area contributed by atoms with Gasteiger partial charge in [-0.1, -0.05) is 70.5 Å². The summed E-state index contributed by atoms with van der Waals surface area (Å²) in [5, 5.41) is 12.8. The van der Waals surface area contributed by atoms with Gasteiger partial charge in [-0.25, -0.2) is 9.46 Å². The molecule has 1 aromatic heterocycles. The Labute approximate surface area is 373 Å². The van der Waals surface area contributed by atoms with E-state index >= 15 is 0 Å². The predicted molar refractivity (Wildman–Crippen MR) is 239 cm³/mol. The summed E-state index contributed by atoms with van der Waals surface area (Å²) in [4.78, 5) is 29.8. The smallest absolute Gasteiger partial charge is 0.351 e. The van der Waals surface area contributed by atoms with Gasteiger partial charge in [-0.3, -0.25) is 9.36 Å². The number of benzene rings is 3. The molecule has 1 aliphatic heterocycles. The number of carbonyl (C=O) groups excluding carboxylic acids is 1. The van der Waals surface area contributed by atoms with E-state index in [1.807, 2.05) is 107 Å². The number of carbonyl (C=O) groups is 1. The largest absolute Gasteiger partial charge is 0.497 e. The SMILES string of the molecule is COc1ccc(C(OC[C@H]2O[C@@H](n3ccc(NC(C)=O)nc3=O)[C@H](OCOCCCBr)[C@@H]2OP(OCCC#N)N(C(C)C)C(C)C)(c2ccccc2)c2ccc(OC)cc2)cc1. The number of hydrogen-bond donors (Lipinski definition) is 1. The van der Waals surface area contributed by atoms with E-state index in [2.05, 4.69) is 37.0 Å². The van der Waals surface area contributed by atoms with E-state index in [0.717, 1.165) is 28.4 Å². The van der Waals surface area contributed by atoms with Crippen molar-refractivity contribution >= 4 is 36.2 Å². The first-order chi connectivity index (χ1) is 30.0. The Balaban J connectivity index is 1.68. The zero-order valence-electron chi connectivity index (χ0n) is 36.3. The lowest BCUT2D eigenvalue weighted by molar-refractivity contribution is -0.138. The van der Waals surface area contributed by atoms with Crippen molar-refractivity contribution < 1.29 is 42.3 Å². The van der Waals surface area contributed by atoms with Gasteiger partial charge >= 0.3 is 5.69 Å². The molecule has 1 amide bonds. The molecule has 1 saturated heterocycles. The van der Waals surface area contributed by atoms with Crippen LogP contribution in [-0.4, -0.2) is 96.7 Å². The molecule has 62 heavy (non-hydrogen) atoms. The average molecular weight is 939 g/mol. The number of methoxy groups -OCH3 is 2. The summed E-state index contributed by atoms with van der Waals surface area (Å²) in [6.45, 7) is 9.83. The Morgan fingerprint density at radius 1 is 0.935 bits per heavy atom. The van der Waals surface area contributed by atoms with Gasteiger partial charge in [-0.2, -0.15) is 10.2 Å². The van der Waals surface area contributed by atoms with Crippen molar-refractivity contribution in [2.75, 3.05) is 51.5 Å². The third kappa shape index (κ3) is 12.3. The average Bonchev–Trinajstić information content (AvgIpc) is 3.59. The van der Waals surface area contributed by atoms with Crippen LogP contribution in [0.1, 0.15) is 70.4 Å². The van der Waals surface area contributed by atoms with E-state index < -0.39 is 44.4 Å². The minimum atomic E-state index is -1.85. The van der Waals surface area contributed by atoms with Gasteiger partial charge in [-0.15, -0.1) is 0 Å². The zero-order valence-corrected chi connectivity index (χ0v) is 38.8. The van der Waals surface area contributed by atoms with Crippen molar-refractivity contribution in [1.29, 1.82) is 5.26 Å². The zero-order chi connectivity index (χ0) is 44.6. The van der Waals surface area contributed by atoms with Crippen molar-refractivity contribution in [2.24, 2.45) is 0 Å². The number of nitrogens with one attached hydrogen (secondary N) is 1. The Kier molecular flexibility index (Phi) is 18.9. The molecule has 0 radical (unpaired) electrons. The van der Waals surface area contributed by atoms with Crippen LogP contribution >= 0.6 is 24.5 Å². The Hall–Kier alpha value is -4.27. The van der Waals surface area contributed by atoms with E-state index in [9.17, 15) is 14.9 Å². The quantitative estimate of drug-likeness (QED) is 0.0237. The number of rotatable bonds is 24. The van der Waals surface area contributed by atoms with Gasteiger partial charge in [0.1, 0.15) is 48.0 Å². The van der Waals surface area contributed by atoms with Crippen LogP contribution in [0.25, 0.3) is 0 Å². The molecular formula is C45H57BrN5O10P. The molecular weight excluding hydrogens is 881 g/mol. The van der Waals surface area contributed by atoms with Crippen molar-refractivity contribution in [3.63, 3.8) is 0 Å². The lowest BCUT2D eigenvalue weighted by atomic mass is 9.80. The van der Waals surface area contributed by atoms with Gasteiger partial charge in [0, 0.05) is 30.5 Å². The Morgan fingerprint density at radius 3 is 2.08 bits per heavy atom. The number of hydrogen-bond acceptors (Lipinski definition) is 13. The van der Waals surface area contributed by atoms with Crippen molar-refractivity contribution in [1.82, 2.24) is 14.2 Å². The summed E-state index contributed by atoms with van der Waals surface area (Å²) in [6.07, 6.45) is -1.53. The first-order valence-electron chi connectivity index (χ1n) is 20.5. The minimum absolute atomic E-state index is 0.0213. The third-order valence-corrected chi connectivity index (χ3v) is 12.7. The molecule has 5 atom stereocenters. The highest BCUT2D eigenvalue weighted by atomic mass is 79.9. The van der Waals surface area contributed by atoms with Crippen LogP contribution in [0, 0.1) is 11.3 Å². The number of anilines is 1. The maximum atomic E-state index is 13.8. The number of amides is 1. The second-order valence-corrected chi connectivity index (χ2v) is 17.1.